The van der Waals surface area contributed by atoms with E-state index in [1.165, 1.54) is 17.2 Å². The standard InChI is InChI=1S/C22H27N5O2/c1-2-18(28)26-11-5-8-17(13-26)27-21(23)19(22(24)29)20(25-27)16-10-9-14-6-3-4-7-15(14)12-16/h2-4,6-7,16-17H,1,5,8-13,23H2,(H2,24,29). The molecule has 0 bridgehead atoms. The molecule has 2 aliphatic rings. The predicted octanol–water partition coefficient (Wildman–Crippen LogP) is 2.19. The highest BCUT2D eigenvalue weighted by molar-refractivity contribution is 5.98. The maximum atomic E-state index is 12.3. The third kappa shape index (κ3) is 3.52. The number of likely N-dealkylation sites (tertiary alicyclic amines) is 1. The van der Waals surface area contributed by atoms with E-state index in [9.17, 15) is 9.59 Å². The van der Waals surface area contributed by atoms with Crippen molar-refractivity contribution in [3.63, 3.8) is 0 Å². The second-order valence-electron chi connectivity index (χ2n) is 7.95. The van der Waals surface area contributed by atoms with Crippen molar-refractivity contribution >= 4 is 17.6 Å². The molecule has 0 saturated carbocycles. The van der Waals surface area contributed by atoms with Crippen LogP contribution in [0.3, 0.4) is 0 Å². The van der Waals surface area contributed by atoms with E-state index in [0.29, 0.717) is 30.2 Å². The Morgan fingerprint density at radius 2 is 1.97 bits per heavy atom. The summed E-state index contributed by atoms with van der Waals surface area (Å²) in [6.07, 6.45) is 5.68. The average molecular weight is 393 g/mol. The SMILES string of the molecule is C=CC(=O)N1CCCC(n2nc(C3CCc4ccccc4C3)c(C(N)=O)c2N)C1. The molecule has 1 aliphatic carbocycles. The summed E-state index contributed by atoms with van der Waals surface area (Å²) in [6.45, 7) is 4.77. The number of carbonyl (C=O) groups is 2. The molecule has 7 heteroatoms. The zero-order valence-corrected chi connectivity index (χ0v) is 16.5. The van der Waals surface area contributed by atoms with Gasteiger partial charge in [0.15, 0.2) is 0 Å². The number of nitrogens with zero attached hydrogens (tertiary/aromatic N) is 3. The normalized spacial score (nSPS) is 21.4. The van der Waals surface area contributed by atoms with E-state index >= 15 is 0 Å². The summed E-state index contributed by atoms with van der Waals surface area (Å²) >= 11 is 0. The molecule has 1 aliphatic heterocycles. The number of primary amides is 1. The van der Waals surface area contributed by atoms with Gasteiger partial charge < -0.3 is 16.4 Å². The number of aromatic nitrogens is 2. The molecule has 0 radical (unpaired) electrons. The van der Waals surface area contributed by atoms with Gasteiger partial charge >= 0.3 is 0 Å². The minimum absolute atomic E-state index is 0.0737. The minimum atomic E-state index is -0.544. The number of benzene rings is 1. The Morgan fingerprint density at radius 3 is 2.69 bits per heavy atom. The number of rotatable bonds is 4. The predicted molar refractivity (Wildman–Crippen MR) is 111 cm³/mol. The third-order valence-corrected chi connectivity index (χ3v) is 6.18. The Hall–Kier alpha value is -3.09. The lowest BCUT2D eigenvalue weighted by Gasteiger charge is -2.32. The van der Waals surface area contributed by atoms with Gasteiger partial charge in [0.2, 0.25) is 5.91 Å². The molecule has 1 aromatic heterocycles. The van der Waals surface area contributed by atoms with Gasteiger partial charge in [0.1, 0.15) is 11.4 Å². The van der Waals surface area contributed by atoms with Crippen LogP contribution in [0.25, 0.3) is 0 Å². The number of nitrogens with two attached hydrogens (primary N) is 2. The van der Waals surface area contributed by atoms with Crippen LogP contribution in [0.15, 0.2) is 36.9 Å². The van der Waals surface area contributed by atoms with Crippen LogP contribution >= 0.6 is 0 Å². The quantitative estimate of drug-likeness (QED) is 0.776. The number of piperidine rings is 1. The summed E-state index contributed by atoms with van der Waals surface area (Å²) in [6, 6.07) is 8.30. The number of aryl methyl sites for hydroxylation is 1. The van der Waals surface area contributed by atoms with Crippen LogP contribution in [0, 0.1) is 0 Å². The van der Waals surface area contributed by atoms with Gasteiger partial charge in [0.25, 0.3) is 5.91 Å². The summed E-state index contributed by atoms with van der Waals surface area (Å²) in [5.41, 5.74) is 15.7. The van der Waals surface area contributed by atoms with Crippen molar-refractivity contribution in [1.29, 1.82) is 0 Å². The number of anilines is 1. The first-order valence-electron chi connectivity index (χ1n) is 10.2. The van der Waals surface area contributed by atoms with Crippen LogP contribution in [0.4, 0.5) is 5.82 Å². The van der Waals surface area contributed by atoms with E-state index in [4.69, 9.17) is 16.6 Å². The summed E-state index contributed by atoms with van der Waals surface area (Å²) in [5.74, 6) is -0.230. The number of hydrogen-bond acceptors (Lipinski definition) is 4. The Morgan fingerprint density at radius 1 is 1.21 bits per heavy atom. The lowest BCUT2D eigenvalue weighted by molar-refractivity contribution is -0.127. The largest absolute Gasteiger partial charge is 0.383 e. The molecule has 29 heavy (non-hydrogen) atoms. The maximum absolute atomic E-state index is 12.3. The lowest BCUT2D eigenvalue weighted by atomic mass is 9.81. The van der Waals surface area contributed by atoms with E-state index in [-0.39, 0.29) is 17.9 Å². The summed E-state index contributed by atoms with van der Waals surface area (Å²) in [7, 11) is 0. The first-order valence-corrected chi connectivity index (χ1v) is 10.2. The smallest absolute Gasteiger partial charge is 0.254 e. The topological polar surface area (TPSA) is 107 Å². The first kappa shape index (κ1) is 19.2. The summed E-state index contributed by atoms with van der Waals surface area (Å²) in [4.78, 5) is 26.1. The summed E-state index contributed by atoms with van der Waals surface area (Å²) in [5, 5.41) is 4.80. The monoisotopic (exact) mass is 393 g/mol. The Balaban J connectivity index is 1.67. The number of fused-ring (bicyclic) bond motifs is 1. The molecule has 2 amide bonds. The Kier molecular flexibility index (Phi) is 5.13. The molecule has 2 aromatic rings. The van der Waals surface area contributed by atoms with E-state index in [0.717, 1.165) is 32.1 Å². The maximum Gasteiger partial charge on any atom is 0.254 e. The van der Waals surface area contributed by atoms with Gasteiger partial charge in [-0.15, -0.1) is 0 Å². The Bertz CT molecular complexity index is 964. The second-order valence-corrected chi connectivity index (χ2v) is 7.95. The van der Waals surface area contributed by atoms with Crippen LogP contribution < -0.4 is 11.5 Å². The van der Waals surface area contributed by atoms with E-state index in [1.807, 2.05) is 6.07 Å². The number of hydrogen-bond donors (Lipinski definition) is 2. The summed E-state index contributed by atoms with van der Waals surface area (Å²) < 4.78 is 1.72. The molecule has 7 nitrogen and oxygen atoms in total. The second kappa shape index (κ2) is 7.73. The van der Waals surface area contributed by atoms with Gasteiger partial charge in [-0.25, -0.2) is 4.68 Å². The van der Waals surface area contributed by atoms with Crippen molar-refractivity contribution in [1.82, 2.24) is 14.7 Å². The first-order chi connectivity index (χ1) is 14.0. The highest BCUT2D eigenvalue weighted by Gasteiger charge is 2.32. The fraction of sp³-hybridized carbons (Fsp3) is 0.409. The van der Waals surface area contributed by atoms with Gasteiger partial charge in [0.05, 0.1) is 11.7 Å². The minimum Gasteiger partial charge on any atom is -0.383 e. The van der Waals surface area contributed by atoms with Gasteiger partial charge in [-0.05, 0) is 49.3 Å². The number of carbonyl (C=O) groups excluding carboxylic acids is 2. The van der Waals surface area contributed by atoms with Crippen molar-refractivity contribution < 1.29 is 9.59 Å². The molecule has 4 N–H and O–H groups in total. The van der Waals surface area contributed by atoms with Crippen molar-refractivity contribution in [2.24, 2.45) is 5.73 Å². The van der Waals surface area contributed by atoms with Crippen LogP contribution in [-0.2, 0) is 17.6 Å². The van der Waals surface area contributed by atoms with Crippen LogP contribution in [-0.4, -0.2) is 39.6 Å². The average Bonchev–Trinajstić information content (AvgIpc) is 3.10. The lowest BCUT2D eigenvalue weighted by Crippen LogP contribution is -2.40. The molecule has 1 saturated heterocycles. The molecule has 4 rings (SSSR count). The molecule has 1 fully saturated rings. The number of amides is 2. The van der Waals surface area contributed by atoms with Crippen LogP contribution in [0.5, 0.6) is 0 Å². The van der Waals surface area contributed by atoms with Crippen molar-refractivity contribution in [3.05, 3.63) is 59.3 Å². The van der Waals surface area contributed by atoms with Crippen molar-refractivity contribution in [2.45, 2.75) is 44.1 Å². The molecule has 152 valence electrons. The molecule has 1 aromatic carbocycles. The molecule has 2 atom stereocenters. The van der Waals surface area contributed by atoms with Crippen LogP contribution in [0.2, 0.25) is 0 Å². The molecular formula is C22H27N5O2. The zero-order valence-electron chi connectivity index (χ0n) is 16.5. The molecular weight excluding hydrogens is 366 g/mol. The fourth-order valence-electron chi connectivity index (χ4n) is 4.70. The highest BCUT2D eigenvalue weighted by atomic mass is 16.2. The van der Waals surface area contributed by atoms with Crippen molar-refractivity contribution in [3.8, 4) is 0 Å². The zero-order chi connectivity index (χ0) is 20.5. The van der Waals surface area contributed by atoms with Gasteiger partial charge in [-0.3, -0.25) is 9.59 Å². The molecule has 2 unspecified atom stereocenters. The van der Waals surface area contributed by atoms with Crippen LogP contribution in [0.1, 0.15) is 58.4 Å². The molecule has 0 spiro atoms. The van der Waals surface area contributed by atoms with Gasteiger partial charge in [-0.1, -0.05) is 30.8 Å². The fourth-order valence-corrected chi connectivity index (χ4v) is 4.70. The number of nitrogen functional groups attached to an aromatic ring is 1. The van der Waals surface area contributed by atoms with Crippen molar-refractivity contribution in [2.75, 3.05) is 18.8 Å². The third-order valence-electron chi connectivity index (χ3n) is 6.18. The molecule has 2 heterocycles. The highest BCUT2D eigenvalue weighted by Crippen LogP contribution is 2.36. The van der Waals surface area contributed by atoms with E-state index < -0.39 is 5.91 Å². The van der Waals surface area contributed by atoms with E-state index in [2.05, 4.69) is 24.8 Å². The Labute approximate surface area is 170 Å². The van der Waals surface area contributed by atoms with E-state index in [1.54, 1.807) is 9.58 Å². The van der Waals surface area contributed by atoms with Gasteiger partial charge in [-0.2, -0.15) is 5.10 Å². The van der Waals surface area contributed by atoms with Gasteiger partial charge in [0, 0.05) is 19.0 Å².